The highest BCUT2D eigenvalue weighted by molar-refractivity contribution is 6.30. The minimum absolute atomic E-state index is 0.0886. The summed E-state index contributed by atoms with van der Waals surface area (Å²) in [4.78, 5) is 8.67. The Bertz CT molecular complexity index is 1050. The van der Waals surface area contributed by atoms with Crippen molar-refractivity contribution in [3.8, 4) is 11.1 Å². The Morgan fingerprint density at radius 3 is 2.87 bits per heavy atom. The predicted octanol–water partition coefficient (Wildman–Crippen LogP) is 4.46. The number of aromatic nitrogens is 1. The Morgan fingerprint density at radius 2 is 2.17 bits per heavy atom. The van der Waals surface area contributed by atoms with Crippen LogP contribution in [0.5, 0.6) is 0 Å². The first-order chi connectivity index (χ1) is 14.4. The summed E-state index contributed by atoms with van der Waals surface area (Å²) in [7, 11) is 1.78. The van der Waals surface area contributed by atoms with Crippen LogP contribution < -0.4 is 5.73 Å². The van der Waals surface area contributed by atoms with Gasteiger partial charge >= 0.3 is 0 Å². The SMILES string of the molecule is CO[C@@H]1CC[C@]2(Cc3ccc(-c4cc(Cl)cnc4F)cc3[C@@]23COC(N)=N3)C[C@H]1C. The van der Waals surface area contributed by atoms with Gasteiger partial charge in [0.15, 0.2) is 0 Å². The van der Waals surface area contributed by atoms with E-state index in [0.29, 0.717) is 23.1 Å². The van der Waals surface area contributed by atoms with Crippen LogP contribution >= 0.6 is 11.6 Å². The number of aliphatic imine (C=N–C) groups is 1. The number of nitrogens with zero attached hydrogens (tertiary/aromatic N) is 2. The minimum Gasteiger partial charge on any atom is -0.462 e. The summed E-state index contributed by atoms with van der Waals surface area (Å²) in [6, 6.07) is 7.88. The van der Waals surface area contributed by atoms with Gasteiger partial charge in [-0.2, -0.15) is 4.39 Å². The van der Waals surface area contributed by atoms with Crippen molar-refractivity contribution in [2.45, 2.75) is 44.2 Å². The summed E-state index contributed by atoms with van der Waals surface area (Å²) >= 11 is 6.08. The van der Waals surface area contributed by atoms with E-state index in [1.165, 1.54) is 11.8 Å². The fraction of sp³-hybridized carbons (Fsp3) is 0.478. The van der Waals surface area contributed by atoms with Gasteiger partial charge in [-0.3, -0.25) is 0 Å². The Morgan fingerprint density at radius 1 is 1.33 bits per heavy atom. The fourth-order valence-corrected chi connectivity index (χ4v) is 6.14. The average molecular weight is 430 g/mol. The average Bonchev–Trinajstić information content (AvgIpc) is 3.23. The molecule has 1 aliphatic heterocycles. The number of hydrogen-bond donors (Lipinski definition) is 1. The van der Waals surface area contributed by atoms with Gasteiger partial charge < -0.3 is 15.2 Å². The molecule has 1 fully saturated rings. The molecule has 1 saturated carbocycles. The lowest BCUT2D eigenvalue weighted by atomic mass is 9.59. The molecule has 0 unspecified atom stereocenters. The molecule has 0 amide bonds. The summed E-state index contributed by atoms with van der Waals surface area (Å²) in [5.41, 5.74) is 8.80. The van der Waals surface area contributed by atoms with E-state index >= 15 is 0 Å². The maximum absolute atomic E-state index is 14.5. The molecule has 1 aromatic carbocycles. The number of hydrogen-bond acceptors (Lipinski definition) is 5. The first-order valence-corrected chi connectivity index (χ1v) is 10.7. The molecule has 5 nitrogen and oxygen atoms in total. The summed E-state index contributed by atoms with van der Waals surface area (Å²) in [6.07, 6.45) is 5.40. The number of pyridine rings is 1. The summed E-state index contributed by atoms with van der Waals surface area (Å²) in [5.74, 6) is -0.137. The highest BCUT2D eigenvalue weighted by atomic mass is 35.5. The van der Waals surface area contributed by atoms with Crippen LogP contribution in [0, 0.1) is 17.3 Å². The molecule has 2 spiro atoms. The molecular formula is C23H25ClFN3O2. The van der Waals surface area contributed by atoms with Crippen molar-refractivity contribution < 1.29 is 13.9 Å². The second kappa shape index (κ2) is 6.92. The van der Waals surface area contributed by atoms with Crippen LogP contribution in [-0.4, -0.2) is 30.8 Å². The van der Waals surface area contributed by atoms with Crippen LogP contribution in [0.25, 0.3) is 11.1 Å². The van der Waals surface area contributed by atoms with Gasteiger partial charge in [-0.1, -0.05) is 30.7 Å². The maximum atomic E-state index is 14.5. The van der Waals surface area contributed by atoms with Crippen molar-refractivity contribution in [3.05, 3.63) is 52.6 Å². The first-order valence-electron chi connectivity index (χ1n) is 10.3. The molecule has 4 atom stereocenters. The molecular weight excluding hydrogens is 405 g/mol. The standard InChI is InChI=1S/C23H25ClFN3O2/c1-13-9-22(6-5-19(13)29-2)10-15-4-3-14(17-8-16(24)11-27-20(17)25)7-18(15)23(22)12-30-21(26)28-23/h3-4,7-8,11,13,19H,5-6,9-10,12H2,1-2H3,(H2,26,28)/t13-,19-,22-,23+/m1/s1. The van der Waals surface area contributed by atoms with E-state index in [4.69, 9.17) is 31.8 Å². The van der Waals surface area contributed by atoms with Crippen LogP contribution in [0.2, 0.25) is 5.02 Å². The van der Waals surface area contributed by atoms with Gasteiger partial charge in [-0.15, -0.1) is 0 Å². The van der Waals surface area contributed by atoms with Crippen LogP contribution in [0.4, 0.5) is 4.39 Å². The van der Waals surface area contributed by atoms with Gasteiger partial charge in [0, 0.05) is 24.3 Å². The van der Waals surface area contributed by atoms with Gasteiger partial charge in [0.25, 0.3) is 6.02 Å². The minimum atomic E-state index is -0.558. The summed E-state index contributed by atoms with van der Waals surface area (Å²) in [5, 5.41) is 0.399. The lowest BCUT2D eigenvalue weighted by molar-refractivity contribution is -0.0445. The molecule has 2 N–H and O–H groups in total. The number of rotatable bonds is 2. The number of amidine groups is 1. The van der Waals surface area contributed by atoms with E-state index in [0.717, 1.165) is 36.8 Å². The van der Waals surface area contributed by atoms with Gasteiger partial charge in [0.05, 0.1) is 11.1 Å². The quantitative estimate of drug-likeness (QED) is 0.715. The molecule has 30 heavy (non-hydrogen) atoms. The van der Waals surface area contributed by atoms with Gasteiger partial charge in [-0.05, 0) is 60.4 Å². The van der Waals surface area contributed by atoms with E-state index in [2.05, 4.69) is 18.0 Å². The number of nitrogens with two attached hydrogens (primary N) is 1. The highest BCUT2D eigenvalue weighted by Gasteiger charge is 2.62. The van der Waals surface area contributed by atoms with Crippen molar-refractivity contribution in [1.82, 2.24) is 4.98 Å². The molecule has 1 aromatic heterocycles. The zero-order valence-electron chi connectivity index (χ0n) is 17.1. The van der Waals surface area contributed by atoms with Crippen LogP contribution in [0.1, 0.15) is 37.3 Å². The molecule has 3 aliphatic rings. The third-order valence-corrected chi connectivity index (χ3v) is 7.57. The fourth-order valence-electron chi connectivity index (χ4n) is 5.98. The van der Waals surface area contributed by atoms with E-state index in [1.807, 2.05) is 12.1 Å². The molecule has 2 aliphatic carbocycles. The Kier molecular flexibility index (Phi) is 4.56. The molecule has 158 valence electrons. The largest absolute Gasteiger partial charge is 0.462 e. The normalized spacial score (nSPS) is 32.3. The Hall–Kier alpha value is -2.18. The Labute approximate surface area is 180 Å². The van der Waals surface area contributed by atoms with Crippen molar-refractivity contribution in [2.24, 2.45) is 22.1 Å². The zero-order chi connectivity index (χ0) is 21.1. The van der Waals surface area contributed by atoms with E-state index < -0.39 is 11.5 Å². The topological polar surface area (TPSA) is 69.7 Å². The molecule has 0 bridgehead atoms. The van der Waals surface area contributed by atoms with Crippen molar-refractivity contribution in [1.29, 1.82) is 0 Å². The van der Waals surface area contributed by atoms with Gasteiger partial charge in [-0.25, -0.2) is 9.98 Å². The van der Waals surface area contributed by atoms with Crippen molar-refractivity contribution in [2.75, 3.05) is 13.7 Å². The summed E-state index contributed by atoms with van der Waals surface area (Å²) < 4.78 is 25.9. The smallest absolute Gasteiger partial charge is 0.283 e. The number of ether oxygens (including phenoxy) is 2. The van der Waals surface area contributed by atoms with E-state index in [9.17, 15) is 4.39 Å². The van der Waals surface area contributed by atoms with Crippen LogP contribution in [-0.2, 0) is 21.4 Å². The molecule has 0 radical (unpaired) electrons. The first kappa shape index (κ1) is 19.8. The highest BCUT2D eigenvalue weighted by Crippen LogP contribution is 2.62. The maximum Gasteiger partial charge on any atom is 0.283 e. The van der Waals surface area contributed by atoms with Gasteiger partial charge in [0.2, 0.25) is 5.95 Å². The van der Waals surface area contributed by atoms with E-state index in [1.54, 1.807) is 13.2 Å². The third-order valence-electron chi connectivity index (χ3n) is 7.37. The third kappa shape index (κ3) is 2.77. The molecule has 2 heterocycles. The van der Waals surface area contributed by atoms with Crippen molar-refractivity contribution in [3.63, 3.8) is 0 Å². The second-order valence-electron chi connectivity index (χ2n) is 8.91. The van der Waals surface area contributed by atoms with Crippen molar-refractivity contribution >= 4 is 17.6 Å². The zero-order valence-corrected chi connectivity index (χ0v) is 17.9. The number of methoxy groups -OCH3 is 1. The molecule has 2 aromatic rings. The van der Waals surface area contributed by atoms with Crippen LogP contribution in [0.15, 0.2) is 35.5 Å². The van der Waals surface area contributed by atoms with E-state index in [-0.39, 0.29) is 17.5 Å². The monoisotopic (exact) mass is 429 g/mol. The van der Waals surface area contributed by atoms with Gasteiger partial charge in [0.1, 0.15) is 12.1 Å². The number of halogens is 2. The number of fused-ring (bicyclic) bond motifs is 3. The second-order valence-corrected chi connectivity index (χ2v) is 9.35. The predicted molar refractivity (Wildman–Crippen MR) is 114 cm³/mol. The molecule has 0 saturated heterocycles. The number of benzene rings is 1. The Balaban J connectivity index is 1.64. The molecule has 7 heteroatoms. The van der Waals surface area contributed by atoms with Crippen LogP contribution in [0.3, 0.4) is 0 Å². The lowest BCUT2D eigenvalue weighted by Crippen LogP contribution is -2.48. The summed E-state index contributed by atoms with van der Waals surface area (Å²) in [6.45, 7) is 2.66. The lowest BCUT2D eigenvalue weighted by Gasteiger charge is -2.47. The molecule has 5 rings (SSSR count).